The van der Waals surface area contributed by atoms with Gasteiger partial charge in [-0.05, 0) is 37.0 Å². The normalized spacial score (nSPS) is 13.6. The highest BCUT2D eigenvalue weighted by atomic mass is 79.9. The molecular formula is C12H18BrNO3S. The van der Waals surface area contributed by atoms with Crippen molar-refractivity contribution in [3.8, 4) is 0 Å². The molecule has 1 rings (SSSR count). The molecule has 1 unspecified atom stereocenters. The van der Waals surface area contributed by atoms with Crippen molar-refractivity contribution in [2.75, 3.05) is 13.2 Å². The molecule has 18 heavy (non-hydrogen) atoms. The van der Waals surface area contributed by atoms with Crippen LogP contribution in [-0.4, -0.2) is 26.7 Å². The van der Waals surface area contributed by atoms with Crippen molar-refractivity contribution in [2.45, 2.75) is 25.2 Å². The monoisotopic (exact) mass is 335 g/mol. The lowest BCUT2D eigenvalue weighted by molar-refractivity contribution is 0.263. The van der Waals surface area contributed by atoms with Crippen LogP contribution in [0.4, 0.5) is 0 Å². The molecule has 0 saturated heterocycles. The zero-order chi connectivity index (χ0) is 13.8. The van der Waals surface area contributed by atoms with Crippen molar-refractivity contribution >= 4 is 26.0 Å². The summed E-state index contributed by atoms with van der Waals surface area (Å²) < 4.78 is 27.5. The van der Waals surface area contributed by atoms with Gasteiger partial charge in [-0.1, -0.05) is 28.9 Å². The van der Waals surface area contributed by atoms with E-state index in [9.17, 15) is 8.42 Å². The van der Waals surface area contributed by atoms with Crippen LogP contribution in [0.2, 0.25) is 0 Å². The highest BCUT2D eigenvalue weighted by Gasteiger charge is 2.17. The molecule has 0 heterocycles. The summed E-state index contributed by atoms with van der Waals surface area (Å²) >= 11 is 3.27. The lowest BCUT2D eigenvalue weighted by atomic mass is 10.1. The SMILES string of the molecule is Cc1ccc(Br)cc1S(=O)(=O)NCC(C)CCO. The minimum absolute atomic E-state index is 0.0683. The largest absolute Gasteiger partial charge is 0.396 e. The molecule has 1 aromatic rings. The molecule has 1 atom stereocenters. The van der Waals surface area contributed by atoms with Gasteiger partial charge in [0.15, 0.2) is 0 Å². The lowest BCUT2D eigenvalue weighted by Gasteiger charge is -2.13. The first-order chi connectivity index (χ1) is 8.36. The van der Waals surface area contributed by atoms with E-state index in [1.165, 1.54) is 0 Å². The van der Waals surface area contributed by atoms with Crippen molar-refractivity contribution < 1.29 is 13.5 Å². The third kappa shape index (κ3) is 4.35. The van der Waals surface area contributed by atoms with Gasteiger partial charge in [-0.3, -0.25) is 0 Å². The van der Waals surface area contributed by atoms with Gasteiger partial charge in [0, 0.05) is 17.6 Å². The number of hydrogen-bond acceptors (Lipinski definition) is 3. The summed E-state index contributed by atoms with van der Waals surface area (Å²) in [5, 5.41) is 8.78. The third-order valence-electron chi connectivity index (χ3n) is 2.68. The number of hydrogen-bond donors (Lipinski definition) is 2. The van der Waals surface area contributed by atoms with Gasteiger partial charge in [0.25, 0.3) is 0 Å². The first-order valence-corrected chi connectivity index (χ1v) is 8.01. The molecule has 0 aromatic heterocycles. The standard InChI is InChI=1S/C12H18BrNO3S/c1-9(5-6-15)8-14-18(16,17)12-7-11(13)4-3-10(12)2/h3-4,7,9,14-15H,5-6,8H2,1-2H3. The zero-order valence-corrected chi connectivity index (χ0v) is 12.9. The van der Waals surface area contributed by atoms with Crippen molar-refractivity contribution in [3.63, 3.8) is 0 Å². The Labute approximate surface area is 117 Å². The van der Waals surface area contributed by atoms with Gasteiger partial charge in [-0.15, -0.1) is 0 Å². The molecule has 0 saturated carbocycles. The van der Waals surface area contributed by atoms with Crippen LogP contribution >= 0.6 is 15.9 Å². The van der Waals surface area contributed by atoms with Gasteiger partial charge in [0.2, 0.25) is 10.0 Å². The van der Waals surface area contributed by atoms with Crippen LogP contribution in [0, 0.1) is 12.8 Å². The fraction of sp³-hybridized carbons (Fsp3) is 0.500. The van der Waals surface area contributed by atoms with Gasteiger partial charge in [-0.2, -0.15) is 0 Å². The van der Waals surface area contributed by atoms with Crippen LogP contribution in [0.25, 0.3) is 0 Å². The van der Waals surface area contributed by atoms with Crippen LogP contribution < -0.4 is 4.72 Å². The molecule has 0 amide bonds. The van der Waals surface area contributed by atoms with E-state index in [1.807, 2.05) is 13.0 Å². The molecule has 0 aliphatic heterocycles. The first kappa shape index (κ1) is 15.6. The molecule has 0 aliphatic carbocycles. The van der Waals surface area contributed by atoms with E-state index in [1.54, 1.807) is 19.1 Å². The molecule has 4 nitrogen and oxygen atoms in total. The third-order valence-corrected chi connectivity index (χ3v) is 4.74. The fourth-order valence-corrected chi connectivity index (χ4v) is 3.46. The van der Waals surface area contributed by atoms with E-state index in [0.717, 1.165) is 4.47 Å². The Morgan fingerprint density at radius 1 is 1.44 bits per heavy atom. The second-order valence-electron chi connectivity index (χ2n) is 4.38. The van der Waals surface area contributed by atoms with Crippen LogP contribution in [0.15, 0.2) is 27.6 Å². The maximum atomic E-state index is 12.1. The summed E-state index contributed by atoms with van der Waals surface area (Å²) in [6.45, 7) is 4.05. The second-order valence-corrected chi connectivity index (χ2v) is 7.03. The summed E-state index contributed by atoms with van der Waals surface area (Å²) in [5.41, 5.74) is 0.709. The Hall–Kier alpha value is -0.430. The summed E-state index contributed by atoms with van der Waals surface area (Å²) in [6, 6.07) is 5.16. The molecule has 102 valence electrons. The number of halogens is 1. The molecule has 0 aliphatic rings. The number of sulfonamides is 1. The smallest absolute Gasteiger partial charge is 0.240 e. The number of benzene rings is 1. The van der Waals surface area contributed by atoms with Crippen LogP contribution in [-0.2, 0) is 10.0 Å². The van der Waals surface area contributed by atoms with E-state index in [0.29, 0.717) is 18.5 Å². The molecule has 0 fully saturated rings. The van der Waals surface area contributed by atoms with Gasteiger partial charge >= 0.3 is 0 Å². The molecule has 0 spiro atoms. The number of aryl methyl sites for hydroxylation is 1. The maximum absolute atomic E-state index is 12.1. The average molecular weight is 336 g/mol. The van der Waals surface area contributed by atoms with Gasteiger partial charge in [0.05, 0.1) is 4.90 Å². The molecule has 2 N–H and O–H groups in total. The number of aliphatic hydroxyl groups is 1. The molecule has 1 aromatic carbocycles. The average Bonchev–Trinajstić information content (AvgIpc) is 2.30. The van der Waals surface area contributed by atoms with Crippen molar-refractivity contribution in [2.24, 2.45) is 5.92 Å². The summed E-state index contributed by atoms with van der Waals surface area (Å²) in [4.78, 5) is 0.285. The summed E-state index contributed by atoms with van der Waals surface area (Å²) in [5.74, 6) is 0.109. The maximum Gasteiger partial charge on any atom is 0.240 e. The molecule has 6 heteroatoms. The van der Waals surface area contributed by atoms with Crippen molar-refractivity contribution in [1.29, 1.82) is 0 Å². The Morgan fingerprint density at radius 2 is 2.11 bits per heavy atom. The zero-order valence-electron chi connectivity index (χ0n) is 10.5. The van der Waals surface area contributed by atoms with Gasteiger partial charge in [-0.25, -0.2) is 13.1 Å². The Kier molecular flexibility index (Phi) is 5.78. The lowest BCUT2D eigenvalue weighted by Crippen LogP contribution is -2.29. The number of nitrogens with one attached hydrogen (secondary N) is 1. The second kappa shape index (κ2) is 6.65. The molecular weight excluding hydrogens is 318 g/mol. The number of aliphatic hydroxyl groups excluding tert-OH is 1. The molecule has 0 bridgehead atoms. The minimum atomic E-state index is -3.49. The van der Waals surface area contributed by atoms with E-state index >= 15 is 0 Å². The molecule has 0 radical (unpaired) electrons. The predicted molar refractivity (Wildman–Crippen MR) is 74.9 cm³/mol. The van der Waals surface area contributed by atoms with E-state index in [2.05, 4.69) is 20.7 Å². The summed E-state index contributed by atoms with van der Waals surface area (Å²) in [6.07, 6.45) is 0.583. The predicted octanol–water partition coefficient (Wildman–Crippen LogP) is 2.05. The van der Waals surface area contributed by atoms with Crippen LogP contribution in [0.5, 0.6) is 0 Å². The fourth-order valence-electron chi connectivity index (χ4n) is 1.52. The highest BCUT2D eigenvalue weighted by molar-refractivity contribution is 9.10. The quantitative estimate of drug-likeness (QED) is 0.836. The van der Waals surface area contributed by atoms with Crippen molar-refractivity contribution in [1.82, 2.24) is 4.72 Å². The van der Waals surface area contributed by atoms with Crippen LogP contribution in [0.3, 0.4) is 0 Å². The summed E-state index contributed by atoms with van der Waals surface area (Å²) in [7, 11) is -3.49. The highest BCUT2D eigenvalue weighted by Crippen LogP contribution is 2.20. The Balaban J connectivity index is 2.83. The van der Waals surface area contributed by atoms with Crippen molar-refractivity contribution in [3.05, 3.63) is 28.2 Å². The van der Waals surface area contributed by atoms with Gasteiger partial charge < -0.3 is 5.11 Å². The van der Waals surface area contributed by atoms with E-state index < -0.39 is 10.0 Å². The minimum Gasteiger partial charge on any atom is -0.396 e. The Bertz CT molecular complexity index is 502. The number of rotatable bonds is 6. The van der Waals surface area contributed by atoms with Crippen LogP contribution in [0.1, 0.15) is 18.9 Å². The van der Waals surface area contributed by atoms with E-state index in [4.69, 9.17) is 5.11 Å². The first-order valence-electron chi connectivity index (χ1n) is 5.73. The topological polar surface area (TPSA) is 66.4 Å². The van der Waals surface area contributed by atoms with E-state index in [-0.39, 0.29) is 17.4 Å². The Morgan fingerprint density at radius 3 is 2.72 bits per heavy atom. The van der Waals surface area contributed by atoms with Gasteiger partial charge in [0.1, 0.15) is 0 Å².